The maximum atomic E-state index is 13.1. The van der Waals surface area contributed by atoms with Gasteiger partial charge in [-0.3, -0.25) is 4.79 Å². The fourth-order valence-corrected chi connectivity index (χ4v) is 5.84. The van der Waals surface area contributed by atoms with E-state index in [0.29, 0.717) is 6.54 Å². The van der Waals surface area contributed by atoms with Gasteiger partial charge in [0.2, 0.25) is 5.91 Å². The molecule has 252 valence electrons. The van der Waals surface area contributed by atoms with Crippen LogP contribution in [-0.2, 0) is 11.3 Å². The number of alkyl halides is 3. The molecule has 5 nitrogen and oxygen atoms in total. The average Bonchev–Trinajstić information content (AvgIpc) is 3.62. The summed E-state index contributed by atoms with van der Waals surface area (Å²) in [7, 11) is 1.88. The molecule has 46 heavy (non-hydrogen) atoms. The SMILES string of the molecule is C#C.C#C.C#C.C1CCCCC1.C[NH2+]Cc1c(OCC(F)(F)F)cccc1[C@@H]1C[NH2+]C[C@@H]1C(=O)N1CCCCC1.c1ccccc1. The first-order valence-electron chi connectivity index (χ1n) is 16.1. The molecule has 0 unspecified atom stereocenters. The lowest BCUT2D eigenvalue weighted by Gasteiger charge is -2.30. The highest BCUT2D eigenvalue weighted by molar-refractivity contribution is 5.80. The molecule has 2 heterocycles. The van der Waals surface area contributed by atoms with Crippen LogP contribution >= 0.6 is 0 Å². The number of amides is 1. The fraction of sp³-hybridized carbons (Fsp3) is 0.500. The smallest absolute Gasteiger partial charge is 0.422 e. The molecule has 2 atom stereocenters. The standard InChI is InChI=1S/C20H28F3N3O2.C6H12.C6H6.3C2H2/c1-24-10-16-14(6-5-7-18(16)28-13-20(21,22)23)15-11-25-12-17(15)19(27)26-8-3-2-4-9-26;2*1-2-4-6-5-3-1;3*1-2/h5-7,15,17,24-25H,2-4,8-13H2,1H3;1-6H2;1-6H;3*1-2H/p+2/t15-,17-;;;;;/m0...../s1. The quantitative estimate of drug-likeness (QED) is 0.416. The lowest BCUT2D eigenvalue weighted by atomic mass is 9.84. The van der Waals surface area contributed by atoms with Crippen LogP contribution < -0.4 is 15.4 Å². The molecule has 2 aliphatic heterocycles. The zero-order valence-electron chi connectivity index (χ0n) is 27.5. The number of quaternary nitrogens is 2. The van der Waals surface area contributed by atoms with Gasteiger partial charge in [0.05, 0.1) is 37.5 Å². The molecule has 1 aliphatic carbocycles. The van der Waals surface area contributed by atoms with Crippen LogP contribution in [0.5, 0.6) is 5.75 Å². The van der Waals surface area contributed by atoms with Crippen LogP contribution in [0.1, 0.15) is 74.8 Å². The van der Waals surface area contributed by atoms with Crippen molar-refractivity contribution in [3.05, 3.63) is 65.7 Å². The molecule has 2 aromatic rings. The predicted molar refractivity (Wildman–Crippen MR) is 182 cm³/mol. The van der Waals surface area contributed by atoms with E-state index in [9.17, 15) is 18.0 Å². The number of hydrogen-bond acceptors (Lipinski definition) is 2. The Morgan fingerprint density at radius 3 is 1.74 bits per heavy atom. The summed E-state index contributed by atoms with van der Waals surface area (Å²) in [6.45, 7) is 2.33. The minimum absolute atomic E-state index is 0.00110. The number of piperidine rings is 1. The molecular formula is C38H54F3N3O2+2. The third-order valence-electron chi connectivity index (χ3n) is 7.85. The third kappa shape index (κ3) is 16.4. The summed E-state index contributed by atoms with van der Waals surface area (Å²) >= 11 is 0. The number of rotatable bonds is 6. The average molecular weight is 642 g/mol. The van der Waals surface area contributed by atoms with Gasteiger partial charge in [-0.25, -0.2) is 0 Å². The number of carbonyl (C=O) groups is 1. The lowest BCUT2D eigenvalue weighted by molar-refractivity contribution is -0.643. The molecular weight excluding hydrogens is 587 g/mol. The summed E-state index contributed by atoms with van der Waals surface area (Å²) < 4.78 is 43.1. The number of halogens is 3. The number of nitrogens with two attached hydrogens (primary N) is 2. The van der Waals surface area contributed by atoms with Gasteiger partial charge in [-0.2, -0.15) is 13.2 Å². The van der Waals surface area contributed by atoms with Gasteiger partial charge in [-0.1, -0.05) is 87.1 Å². The van der Waals surface area contributed by atoms with Crippen LogP contribution in [-0.4, -0.2) is 56.8 Å². The number of ether oxygens (including phenoxy) is 1. The first-order chi connectivity index (χ1) is 22.4. The number of terminal acetylenes is 3. The first kappa shape index (κ1) is 42.1. The molecule has 1 saturated carbocycles. The largest absolute Gasteiger partial charge is 0.484 e. The van der Waals surface area contributed by atoms with Crippen molar-refractivity contribution in [1.29, 1.82) is 0 Å². The van der Waals surface area contributed by atoms with Gasteiger partial charge in [0.15, 0.2) is 6.61 Å². The molecule has 2 aromatic carbocycles. The van der Waals surface area contributed by atoms with Crippen molar-refractivity contribution in [2.75, 3.05) is 39.8 Å². The summed E-state index contributed by atoms with van der Waals surface area (Å²) in [5.74, 6) is 0.320. The minimum atomic E-state index is -4.38. The van der Waals surface area contributed by atoms with Crippen LogP contribution in [0.25, 0.3) is 0 Å². The Morgan fingerprint density at radius 2 is 1.28 bits per heavy atom. The molecule has 0 aromatic heterocycles. The summed E-state index contributed by atoms with van der Waals surface area (Å²) in [4.78, 5) is 15.1. The fourth-order valence-electron chi connectivity index (χ4n) is 5.84. The molecule has 1 amide bonds. The monoisotopic (exact) mass is 641 g/mol. The first-order valence-corrected chi connectivity index (χ1v) is 16.1. The van der Waals surface area contributed by atoms with Crippen LogP contribution in [0, 0.1) is 44.5 Å². The Hall–Kier alpha value is -3.90. The highest BCUT2D eigenvalue weighted by atomic mass is 19.4. The molecule has 8 heteroatoms. The second-order valence-corrected chi connectivity index (χ2v) is 11.0. The van der Waals surface area contributed by atoms with Crippen molar-refractivity contribution in [1.82, 2.24) is 4.90 Å². The van der Waals surface area contributed by atoms with E-state index in [0.717, 1.165) is 50.1 Å². The van der Waals surface area contributed by atoms with Crippen LogP contribution in [0.3, 0.4) is 0 Å². The maximum absolute atomic E-state index is 13.1. The van der Waals surface area contributed by atoms with E-state index in [4.69, 9.17) is 4.74 Å². The molecule has 5 rings (SSSR count). The van der Waals surface area contributed by atoms with E-state index in [-0.39, 0.29) is 23.5 Å². The van der Waals surface area contributed by atoms with E-state index < -0.39 is 12.8 Å². The normalized spacial score (nSPS) is 18.3. The zero-order chi connectivity index (χ0) is 34.6. The van der Waals surface area contributed by atoms with Gasteiger partial charge in [-0.05, 0) is 30.9 Å². The summed E-state index contributed by atoms with van der Waals surface area (Å²) in [6.07, 6.45) is 31.9. The molecule has 0 bridgehead atoms. The lowest BCUT2D eigenvalue weighted by Crippen LogP contribution is -2.81. The van der Waals surface area contributed by atoms with Crippen molar-refractivity contribution in [3.63, 3.8) is 0 Å². The van der Waals surface area contributed by atoms with Gasteiger partial charge in [0.1, 0.15) is 12.3 Å². The number of carbonyl (C=O) groups excluding carboxylic acids is 1. The van der Waals surface area contributed by atoms with E-state index in [1.807, 2.05) is 59.7 Å². The van der Waals surface area contributed by atoms with Crippen molar-refractivity contribution >= 4 is 5.91 Å². The topological polar surface area (TPSA) is 62.8 Å². The molecule has 4 N–H and O–H groups in total. The molecule has 0 spiro atoms. The van der Waals surface area contributed by atoms with Gasteiger partial charge in [0.25, 0.3) is 0 Å². The summed E-state index contributed by atoms with van der Waals surface area (Å²) in [6, 6.07) is 17.3. The summed E-state index contributed by atoms with van der Waals surface area (Å²) in [5.41, 5.74) is 1.72. The van der Waals surface area contributed by atoms with E-state index in [1.165, 1.54) is 44.9 Å². The summed E-state index contributed by atoms with van der Waals surface area (Å²) in [5, 5.41) is 4.05. The van der Waals surface area contributed by atoms with Gasteiger partial charge < -0.3 is 20.3 Å². The second-order valence-electron chi connectivity index (χ2n) is 11.0. The Morgan fingerprint density at radius 1 is 0.804 bits per heavy atom. The highest BCUT2D eigenvalue weighted by Crippen LogP contribution is 2.34. The third-order valence-corrected chi connectivity index (χ3v) is 7.85. The molecule has 0 radical (unpaired) electrons. The number of nitrogens with zero attached hydrogens (tertiary/aromatic N) is 1. The van der Waals surface area contributed by atoms with E-state index >= 15 is 0 Å². The van der Waals surface area contributed by atoms with Gasteiger partial charge in [-0.15, -0.1) is 38.5 Å². The molecule has 3 fully saturated rings. The van der Waals surface area contributed by atoms with E-state index in [2.05, 4.69) is 43.9 Å². The van der Waals surface area contributed by atoms with E-state index in [1.54, 1.807) is 12.1 Å². The van der Waals surface area contributed by atoms with Crippen LogP contribution in [0.15, 0.2) is 54.6 Å². The second kappa shape index (κ2) is 26.3. The van der Waals surface area contributed by atoms with Crippen molar-refractivity contribution in [2.45, 2.75) is 76.4 Å². The maximum Gasteiger partial charge on any atom is 0.422 e. The van der Waals surface area contributed by atoms with Crippen LogP contribution in [0.4, 0.5) is 13.2 Å². The molecule has 2 saturated heterocycles. The van der Waals surface area contributed by atoms with Gasteiger partial charge in [0, 0.05) is 13.1 Å². The van der Waals surface area contributed by atoms with Crippen molar-refractivity contribution < 1.29 is 33.3 Å². The minimum Gasteiger partial charge on any atom is -0.484 e. The Bertz CT molecular complexity index is 1050. The Kier molecular flexibility index (Phi) is 24.1. The zero-order valence-corrected chi connectivity index (χ0v) is 27.5. The Labute approximate surface area is 276 Å². The van der Waals surface area contributed by atoms with Crippen molar-refractivity contribution in [3.8, 4) is 44.3 Å². The predicted octanol–water partition coefficient (Wildman–Crippen LogP) is 5.39. The number of likely N-dealkylation sites (tertiary alicyclic amines) is 1. The number of benzene rings is 2. The van der Waals surface area contributed by atoms with Crippen molar-refractivity contribution in [2.24, 2.45) is 5.92 Å². The highest BCUT2D eigenvalue weighted by Gasteiger charge is 2.41. The molecule has 3 aliphatic rings. The number of hydrogen-bond donors (Lipinski definition) is 2. The Balaban J connectivity index is 0.000000916. The van der Waals surface area contributed by atoms with Crippen LogP contribution in [0.2, 0.25) is 0 Å². The van der Waals surface area contributed by atoms with Gasteiger partial charge >= 0.3 is 6.18 Å².